The number of carbonyl (C=O) groups is 2. The third kappa shape index (κ3) is 6.79. The first-order valence-electron chi connectivity index (χ1n) is 13.3. The molecule has 39 heavy (non-hydrogen) atoms. The predicted octanol–water partition coefficient (Wildman–Crippen LogP) is 6.37. The molecule has 2 aromatic rings. The Kier molecular flexibility index (Phi) is 10.1. The zero-order chi connectivity index (χ0) is 29.1. The van der Waals surface area contributed by atoms with E-state index in [0.717, 1.165) is 11.1 Å². The summed E-state index contributed by atoms with van der Waals surface area (Å²) < 4.78 is 27.8. The summed E-state index contributed by atoms with van der Waals surface area (Å²) in [6, 6.07) is 13.7. The molecule has 2 aromatic carbocycles. The highest BCUT2D eigenvalue weighted by molar-refractivity contribution is 7.89. The summed E-state index contributed by atoms with van der Waals surface area (Å²) in [7, 11) is -3.59. The second-order valence-corrected chi connectivity index (χ2v) is 14.2. The molecule has 7 nitrogen and oxygen atoms in total. The van der Waals surface area contributed by atoms with E-state index in [2.05, 4.69) is 0 Å². The molecular formula is C29H38Cl2N2O5S. The Morgan fingerprint density at radius 3 is 2.26 bits per heavy atom. The van der Waals surface area contributed by atoms with Gasteiger partial charge in [0.25, 0.3) is 0 Å². The van der Waals surface area contributed by atoms with Crippen LogP contribution in [0.5, 0.6) is 0 Å². The third-order valence-electron chi connectivity index (χ3n) is 7.72. The second kappa shape index (κ2) is 12.6. The van der Waals surface area contributed by atoms with E-state index in [1.165, 1.54) is 4.31 Å². The minimum atomic E-state index is -3.59. The van der Waals surface area contributed by atoms with Gasteiger partial charge in [0.05, 0.1) is 23.1 Å². The van der Waals surface area contributed by atoms with Crippen molar-refractivity contribution >= 4 is 45.1 Å². The highest BCUT2D eigenvalue weighted by atomic mass is 35.5. The fourth-order valence-corrected chi connectivity index (χ4v) is 7.30. The fourth-order valence-electron chi connectivity index (χ4n) is 5.64. The molecule has 0 radical (unpaired) electrons. The number of rotatable bonds is 11. The van der Waals surface area contributed by atoms with E-state index >= 15 is 0 Å². The average molecular weight is 598 g/mol. The number of piperidine rings is 1. The molecule has 0 bridgehead atoms. The molecule has 1 aliphatic rings. The lowest BCUT2D eigenvalue weighted by Gasteiger charge is -2.52. The van der Waals surface area contributed by atoms with Crippen molar-refractivity contribution in [2.24, 2.45) is 5.41 Å². The Bertz CT molecular complexity index is 1280. The first-order chi connectivity index (χ1) is 18.2. The maximum Gasteiger partial charge on any atom is 0.304 e. The van der Waals surface area contributed by atoms with E-state index in [-0.39, 0.29) is 31.3 Å². The van der Waals surface area contributed by atoms with E-state index in [1.807, 2.05) is 37.3 Å². The summed E-state index contributed by atoms with van der Waals surface area (Å²) >= 11 is 12.6. The minimum Gasteiger partial charge on any atom is -0.481 e. The molecule has 10 heteroatoms. The van der Waals surface area contributed by atoms with Crippen molar-refractivity contribution in [1.82, 2.24) is 9.21 Å². The van der Waals surface area contributed by atoms with Crippen LogP contribution in [-0.4, -0.2) is 59.0 Å². The van der Waals surface area contributed by atoms with Crippen molar-refractivity contribution in [3.63, 3.8) is 0 Å². The number of hydrogen-bond acceptors (Lipinski definition) is 4. The van der Waals surface area contributed by atoms with Crippen molar-refractivity contribution in [3.05, 3.63) is 69.7 Å². The van der Waals surface area contributed by atoms with E-state index in [4.69, 9.17) is 23.2 Å². The summed E-state index contributed by atoms with van der Waals surface area (Å²) in [4.78, 5) is 28.1. The molecule has 1 saturated heterocycles. The maximum atomic E-state index is 14.4. The lowest BCUT2D eigenvalue weighted by atomic mass is 9.67. The number of likely N-dealkylation sites (N-methyl/N-ethyl adjacent to an activating group) is 1. The fraction of sp³-hybridized carbons (Fsp3) is 0.517. The first kappa shape index (κ1) is 31.4. The number of aliphatic carboxylic acids is 1. The smallest absolute Gasteiger partial charge is 0.304 e. The molecule has 1 fully saturated rings. The summed E-state index contributed by atoms with van der Waals surface area (Å²) in [5, 5.41) is 10.3. The highest BCUT2D eigenvalue weighted by Crippen LogP contribution is 2.52. The number of benzene rings is 2. The Morgan fingerprint density at radius 1 is 1.10 bits per heavy atom. The predicted molar refractivity (Wildman–Crippen MR) is 156 cm³/mol. The van der Waals surface area contributed by atoms with Crippen LogP contribution < -0.4 is 0 Å². The molecule has 0 aliphatic carbocycles. The van der Waals surface area contributed by atoms with Gasteiger partial charge in [-0.15, -0.1) is 0 Å². The van der Waals surface area contributed by atoms with Crippen LogP contribution in [0.4, 0.5) is 0 Å². The lowest BCUT2D eigenvalue weighted by molar-refractivity contribution is -0.160. The monoisotopic (exact) mass is 596 g/mol. The molecule has 3 rings (SSSR count). The number of nitrogens with zero attached hydrogens (tertiary/aromatic N) is 2. The van der Waals surface area contributed by atoms with E-state index in [9.17, 15) is 23.1 Å². The highest BCUT2D eigenvalue weighted by Gasteiger charge is 2.52. The summed E-state index contributed by atoms with van der Waals surface area (Å²) in [6.07, 6.45) is 0.427. The number of amides is 1. The van der Waals surface area contributed by atoms with Gasteiger partial charge in [-0.3, -0.25) is 9.59 Å². The molecule has 214 valence electrons. The number of hydrogen-bond donors (Lipinski definition) is 1. The lowest BCUT2D eigenvalue weighted by Crippen LogP contribution is -2.58. The van der Waals surface area contributed by atoms with Crippen molar-refractivity contribution in [2.75, 3.05) is 13.1 Å². The van der Waals surface area contributed by atoms with Crippen LogP contribution in [0.25, 0.3) is 0 Å². The van der Waals surface area contributed by atoms with E-state index in [1.54, 1.807) is 50.8 Å². The SMILES string of the molecule is CC[C@@H](CN(CC)S(=O)(=O)C(C)C)N1C(=O)[C@](C)(CC(=O)O)C[C@H](c2cccc(Cl)c2)[C@H]1c1ccc(Cl)cc1. The first-order valence-corrected chi connectivity index (χ1v) is 15.6. The number of sulfonamides is 1. The molecule has 0 aromatic heterocycles. The number of halogens is 2. The van der Waals surface area contributed by atoms with Crippen LogP contribution in [0.15, 0.2) is 48.5 Å². The van der Waals surface area contributed by atoms with Gasteiger partial charge in [-0.1, -0.05) is 68.2 Å². The quantitative estimate of drug-likeness (QED) is 0.325. The van der Waals surface area contributed by atoms with Gasteiger partial charge in [0.15, 0.2) is 0 Å². The van der Waals surface area contributed by atoms with Gasteiger partial charge >= 0.3 is 5.97 Å². The molecule has 0 saturated carbocycles. The molecule has 1 N–H and O–H groups in total. The topological polar surface area (TPSA) is 95.0 Å². The number of carbonyl (C=O) groups excluding carboxylic acids is 1. The van der Waals surface area contributed by atoms with Gasteiger partial charge in [-0.25, -0.2) is 8.42 Å². The van der Waals surface area contributed by atoms with Crippen LogP contribution in [0.3, 0.4) is 0 Å². The zero-order valence-electron chi connectivity index (χ0n) is 23.1. The summed E-state index contributed by atoms with van der Waals surface area (Å²) in [6.45, 7) is 9.04. The van der Waals surface area contributed by atoms with Gasteiger partial charge in [0.2, 0.25) is 15.9 Å². The Hall–Kier alpha value is -2.13. The van der Waals surface area contributed by atoms with Crippen molar-refractivity contribution in [1.29, 1.82) is 0 Å². The van der Waals surface area contributed by atoms with Gasteiger partial charge in [0, 0.05) is 35.1 Å². The normalized spacial score (nSPS) is 22.9. The van der Waals surface area contributed by atoms with Crippen LogP contribution in [-0.2, 0) is 19.6 Å². The largest absolute Gasteiger partial charge is 0.481 e. The minimum absolute atomic E-state index is 0.106. The van der Waals surface area contributed by atoms with Crippen LogP contribution in [0.2, 0.25) is 10.0 Å². The zero-order valence-corrected chi connectivity index (χ0v) is 25.4. The molecule has 4 atom stereocenters. The number of carboxylic acid groups (broad SMARTS) is 1. The summed E-state index contributed by atoms with van der Waals surface area (Å²) in [5.41, 5.74) is 0.514. The molecule has 1 amide bonds. The van der Waals surface area contributed by atoms with Crippen LogP contribution in [0, 0.1) is 5.41 Å². The molecule has 0 spiro atoms. The number of carboxylic acids is 1. The Morgan fingerprint density at radius 2 is 1.74 bits per heavy atom. The standard InChI is InChI=1S/C29H38Cl2N2O5S/c1-6-24(18-32(7-2)39(37,38)19(3)4)33-27(20-11-13-22(30)14-12-20)25(21-9-8-10-23(31)15-21)16-29(5,28(33)36)17-26(34)35/h8-15,19,24-25,27H,6-7,16-18H2,1-5H3,(H,34,35)/t24-,25+,27+,29-/m0/s1. The molecule has 1 heterocycles. The van der Waals surface area contributed by atoms with Crippen LogP contribution in [0.1, 0.15) is 77.0 Å². The van der Waals surface area contributed by atoms with Gasteiger partial charge in [-0.2, -0.15) is 4.31 Å². The van der Waals surface area contributed by atoms with Gasteiger partial charge in [0.1, 0.15) is 0 Å². The molecule has 1 aliphatic heterocycles. The Balaban J connectivity index is 2.25. The Labute approximate surface area is 242 Å². The maximum absolute atomic E-state index is 14.4. The van der Waals surface area contributed by atoms with Crippen molar-refractivity contribution in [2.45, 2.75) is 77.1 Å². The third-order valence-corrected chi connectivity index (χ3v) is 10.5. The van der Waals surface area contributed by atoms with Gasteiger partial charge < -0.3 is 10.0 Å². The summed E-state index contributed by atoms with van der Waals surface area (Å²) in [5.74, 6) is -1.66. The van der Waals surface area contributed by atoms with Crippen molar-refractivity contribution < 1.29 is 23.1 Å². The van der Waals surface area contributed by atoms with Gasteiger partial charge in [-0.05, 0) is 62.1 Å². The number of likely N-dealkylation sites (tertiary alicyclic amines) is 1. The van der Waals surface area contributed by atoms with Crippen LogP contribution >= 0.6 is 23.2 Å². The molecular weight excluding hydrogens is 559 g/mol. The van der Waals surface area contributed by atoms with E-state index in [0.29, 0.717) is 22.9 Å². The van der Waals surface area contributed by atoms with Crippen molar-refractivity contribution in [3.8, 4) is 0 Å². The van der Waals surface area contributed by atoms with E-state index < -0.39 is 38.7 Å². The molecule has 0 unspecified atom stereocenters. The average Bonchev–Trinajstić information content (AvgIpc) is 2.86. The second-order valence-electron chi connectivity index (χ2n) is 10.8.